The monoisotopic (exact) mass is 287 g/mol. The number of aromatic nitrogens is 3. The van der Waals surface area contributed by atoms with Crippen LogP contribution in [0.2, 0.25) is 0 Å². The fraction of sp³-hybridized carbons (Fsp3) is 0. The Balaban J connectivity index is 1.89. The topological polar surface area (TPSA) is 50.9 Å². The summed E-state index contributed by atoms with van der Waals surface area (Å²) in [5.41, 5.74) is 3.88. The number of benzene rings is 3. The molecular weight excluding hydrogens is 274 g/mol. The van der Waals surface area contributed by atoms with E-state index in [0.717, 1.165) is 22.2 Å². The molecule has 1 N–H and O–H groups in total. The summed E-state index contributed by atoms with van der Waals surface area (Å²) in [6.07, 6.45) is 0. The fourth-order valence-electron chi connectivity index (χ4n) is 2.51. The molecule has 0 amide bonds. The highest BCUT2D eigenvalue weighted by Crippen LogP contribution is 2.33. The number of fused-ring (bicyclic) bond motifs is 1. The predicted octanol–water partition coefficient (Wildman–Crippen LogP) is 3.79. The molecule has 1 aromatic heterocycles. The summed E-state index contributed by atoms with van der Waals surface area (Å²) in [7, 11) is 0. The molecule has 1 heterocycles. The number of phenolic OH excluding ortho intramolecular Hbond substituents is 1. The van der Waals surface area contributed by atoms with E-state index in [1.54, 1.807) is 6.07 Å². The molecule has 106 valence electrons. The van der Waals surface area contributed by atoms with Crippen molar-refractivity contribution in [2.24, 2.45) is 0 Å². The van der Waals surface area contributed by atoms with E-state index in [0.29, 0.717) is 5.69 Å². The summed E-state index contributed by atoms with van der Waals surface area (Å²) in [4.78, 5) is 1.48. The van der Waals surface area contributed by atoms with Crippen molar-refractivity contribution in [2.75, 3.05) is 0 Å². The normalized spacial score (nSPS) is 10.9. The smallest absolute Gasteiger partial charge is 0.150 e. The summed E-state index contributed by atoms with van der Waals surface area (Å²) < 4.78 is 0. The van der Waals surface area contributed by atoms with Crippen LogP contribution in [0, 0.1) is 0 Å². The minimum atomic E-state index is 0.175. The molecule has 3 aromatic carbocycles. The molecule has 4 heteroatoms. The van der Waals surface area contributed by atoms with E-state index >= 15 is 0 Å². The third kappa shape index (κ3) is 2.02. The van der Waals surface area contributed by atoms with Crippen molar-refractivity contribution in [1.29, 1.82) is 0 Å². The predicted molar refractivity (Wildman–Crippen MR) is 86.0 cm³/mol. The molecule has 4 nitrogen and oxygen atoms in total. The average Bonchev–Trinajstić information content (AvgIpc) is 2.99. The lowest BCUT2D eigenvalue weighted by Crippen LogP contribution is -1.99. The molecule has 0 spiro atoms. The zero-order valence-corrected chi connectivity index (χ0v) is 11.7. The second kappa shape index (κ2) is 5.00. The molecule has 0 atom stereocenters. The summed E-state index contributed by atoms with van der Waals surface area (Å²) in [6, 6.07) is 23.0. The summed E-state index contributed by atoms with van der Waals surface area (Å²) in [5.74, 6) is 0.175. The highest BCUT2D eigenvalue weighted by molar-refractivity contribution is 5.76. The first-order chi connectivity index (χ1) is 10.8. The highest BCUT2D eigenvalue weighted by Gasteiger charge is 2.12. The van der Waals surface area contributed by atoms with Crippen LogP contribution < -0.4 is 0 Å². The van der Waals surface area contributed by atoms with Gasteiger partial charge in [-0.3, -0.25) is 0 Å². The van der Waals surface area contributed by atoms with E-state index in [1.807, 2.05) is 66.7 Å². The van der Waals surface area contributed by atoms with Crippen molar-refractivity contribution < 1.29 is 5.11 Å². The Bertz CT molecular complexity index is 912. The van der Waals surface area contributed by atoms with Gasteiger partial charge in [-0.1, -0.05) is 54.6 Å². The number of aromatic hydroxyl groups is 1. The minimum absolute atomic E-state index is 0.175. The van der Waals surface area contributed by atoms with Crippen LogP contribution in [0.4, 0.5) is 0 Å². The lowest BCUT2D eigenvalue weighted by molar-refractivity contribution is 0.470. The highest BCUT2D eigenvalue weighted by atomic mass is 16.3. The molecule has 4 rings (SSSR count). The van der Waals surface area contributed by atoms with Crippen molar-refractivity contribution in [1.82, 2.24) is 15.0 Å². The van der Waals surface area contributed by atoms with Crippen molar-refractivity contribution in [3.05, 3.63) is 72.8 Å². The number of phenols is 1. The molecule has 0 bridgehead atoms. The molecule has 0 fully saturated rings. The van der Waals surface area contributed by atoms with Crippen LogP contribution >= 0.6 is 0 Å². The maximum Gasteiger partial charge on any atom is 0.150 e. The number of hydrogen-bond acceptors (Lipinski definition) is 3. The van der Waals surface area contributed by atoms with Gasteiger partial charge in [0.25, 0.3) is 0 Å². The van der Waals surface area contributed by atoms with Gasteiger partial charge in [0, 0.05) is 5.56 Å². The Morgan fingerprint density at radius 3 is 2.00 bits per heavy atom. The molecule has 0 saturated heterocycles. The van der Waals surface area contributed by atoms with Crippen LogP contribution in [0.15, 0.2) is 72.8 Å². The first-order valence-corrected chi connectivity index (χ1v) is 7.03. The van der Waals surface area contributed by atoms with Crippen LogP contribution in [-0.2, 0) is 0 Å². The maximum atomic E-state index is 10.6. The van der Waals surface area contributed by atoms with Crippen LogP contribution in [0.3, 0.4) is 0 Å². The Morgan fingerprint density at radius 1 is 0.682 bits per heavy atom. The summed E-state index contributed by atoms with van der Waals surface area (Å²) in [6.45, 7) is 0. The zero-order chi connectivity index (χ0) is 14.9. The Kier molecular flexibility index (Phi) is 2.86. The number of para-hydroxylation sites is 1. The van der Waals surface area contributed by atoms with Crippen molar-refractivity contribution in [3.8, 4) is 22.6 Å². The van der Waals surface area contributed by atoms with Gasteiger partial charge >= 0.3 is 0 Å². The number of hydrogen-bond donors (Lipinski definition) is 1. The van der Waals surface area contributed by atoms with Crippen LogP contribution in [0.5, 0.6) is 5.75 Å². The molecule has 4 aromatic rings. The molecule has 22 heavy (non-hydrogen) atoms. The molecule has 0 aliphatic heterocycles. The van der Waals surface area contributed by atoms with E-state index in [1.165, 1.54) is 4.80 Å². The lowest BCUT2D eigenvalue weighted by atomic mass is 10.0. The molecular formula is C18H13N3O. The quantitative estimate of drug-likeness (QED) is 0.610. The first-order valence-electron chi connectivity index (χ1n) is 7.03. The molecule has 0 unspecified atom stereocenters. The molecule has 0 saturated carbocycles. The van der Waals surface area contributed by atoms with Gasteiger partial charge in [-0.25, -0.2) is 0 Å². The molecule has 0 aliphatic rings. The Morgan fingerprint density at radius 2 is 1.32 bits per heavy atom. The number of rotatable bonds is 2. The SMILES string of the molecule is Oc1c(-c2ccccc2)cccc1-n1nc2ccccc2n1. The van der Waals surface area contributed by atoms with Gasteiger partial charge in [-0.15, -0.1) is 15.0 Å². The number of nitrogens with zero attached hydrogens (tertiary/aromatic N) is 3. The van der Waals surface area contributed by atoms with Gasteiger partial charge in [0.1, 0.15) is 16.7 Å². The van der Waals surface area contributed by atoms with Gasteiger partial charge in [-0.05, 0) is 23.8 Å². The summed E-state index contributed by atoms with van der Waals surface area (Å²) >= 11 is 0. The van der Waals surface area contributed by atoms with E-state index in [4.69, 9.17) is 0 Å². The third-order valence-electron chi connectivity index (χ3n) is 3.60. The largest absolute Gasteiger partial charge is 0.505 e. The molecule has 0 radical (unpaired) electrons. The van der Waals surface area contributed by atoms with Gasteiger partial charge in [0.05, 0.1) is 0 Å². The van der Waals surface area contributed by atoms with E-state index in [9.17, 15) is 5.11 Å². The zero-order valence-electron chi connectivity index (χ0n) is 11.7. The van der Waals surface area contributed by atoms with E-state index < -0.39 is 0 Å². The van der Waals surface area contributed by atoms with Crippen LogP contribution in [0.1, 0.15) is 0 Å². The van der Waals surface area contributed by atoms with Crippen molar-refractivity contribution in [3.63, 3.8) is 0 Å². The maximum absolute atomic E-state index is 10.6. The van der Waals surface area contributed by atoms with Gasteiger partial charge < -0.3 is 5.11 Å². The van der Waals surface area contributed by atoms with E-state index in [-0.39, 0.29) is 5.75 Å². The van der Waals surface area contributed by atoms with Crippen molar-refractivity contribution in [2.45, 2.75) is 0 Å². The Labute approximate surface area is 127 Å². The lowest BCUT2D eigenvalue weighted by Gasteiger charge is -2.08. The Hall–Kier alpha value is -3.14. The fourth-order valence-corrected chi connectivity index (χ4v) is 2.51. The van der Waals surface area contributed by atoms with Crippen molar-refractivity contribution >= 4 is 11.0 Å². The van der Waals surface area contributed by atoms with Crippen LogP contribution in [0.25, 0.3) is 27.8 Å². The van der Waals surface area contributed by atoms with E-state index in [2.05, 4.69) is 10.2 Å². The second-order valence-electron chi connectivity index (χ2n) is 5.02. The summed E-state index contributed by atoms with van der Waals surface area (Å²) in [5, 5.41) is 19.5. The standard InChI is InChI=1S/C18H13N3O/c22-18-14(13-7-2-1-3-8-13)9-6-12-17(18)21-19-15-10-4-5-11-16(15)20-21/h1-12,22H. The minimum Gasteiger partial charge on any atom is -0.505 e. The van der Waals surface area contributed by atoms with Crippen LogP contribution in [-0.4, -0.2) is 20.1 Å². The first kappa shape index (κ1) is 12.6. The molecule has 0 aliphatic carbocycles. The van der Waals surface area contributed by atoms with Gasteiger partial charge in [-0.2, -0.15) is 0 Å². The van der Waals surface area contributed by atoms with Gasteiger partial charge in [0.2, 0.25) is 0 Å². The average molecular weight is 287 g/mol. The van der Waals surface area contributed by atoms with Gasteiger partial charge in [0.15, 0.2) is 5.75 Å². The second-order valence-corrected chi connectivity index (χ2v) is 5.02. The third-order valence-corrected chi connectivity index (χ3v) is 3.60.